The number of rotatable bonds is 6. The quantitative estimate of drug-likeness (QED) is 0.781. The summed E-state index contributed by atoms with van der Waals surface area (Å²) in [7, 11) is 0. The first-order valence-corrected chi connectivity index (χ1v) is 5.81. The number of nitrogens with two attached hydrogens (primary N) is 1. The molecular weight excluding hydrogens is 229 g/mol. The lowest BCUT2D eigenvalue weighted by Gasteiger charge is -2.13. The minimum absolute atomic E-state index is 0.339. The first kappa shape index (κ1) is 13.4. The van der Waals surface area contributed by atoms with Gasteiger partial charge in [0.1, 0.15) is 5.82 Å². The minimum atomic E-state index is -0.351. The van der Waals surface area contributed by atoms with Crippen LogP contribution in [-0.4, -0.2) is 13.2 Å². The van der Waals surface area contributed by atoms with Gasteiger partial charge in [0.05, 0.1) is 0 Å². The van der Waals surface area contributed by atoms with Crippen molar-refractivity contribution in [3.05, 3.63) is 34.6 Å². The molecule has 0 aliphatic heterocycles. The van der Waals surface area contributed by atoms with E-state index in [0.29, 0.717) is 23.6 Å². The van der Waals surface area contributed by atoms with Crippen LogP contribution in [0.5, 0.6) is 0 Å². The van der Waals surface area contributed by atoms with E-state index in [-0.39, 0.29) is 11.9 Å². The predicted octanol–water partition coefficient (Wildman–Crippen LogP) is 3.30. The van der Waals surface area contributed by atoms with Gasteiger partial charge < -0.3 is 10.5 Å². The van der Waals surface area contributed by atoms with Gasteiger partial charge in [0.15, 0.2) is 0 Å². The van der Waals surface area contributed by atoms with Gasteiger partial charge >= 0.3 is 0 Å². The maximum absolute atomic E-state index is 13.5. The molecule has 0 saturated carbocycles. The highest BCUT2D eigenvalue weighted by molar-refractivity contribution is 6.30. The lowest BCUT2D eigenvalue weighted by atomic mass is 10.0. The van der Waals surface area contributed by atoms with Crippen LogP contribution in [0.15, 0.2) is 18.2 Å². The van der Waals surface area contributed by atoms with Crippen molar-refractivity contribution in [1.82, 2.24) is 0 Å². The van der Waals surface area contributed by atoms with Crippen molar-refractivity contribution in [2.45, 2.75) is 25.8 Å². The van der Waals surface area contributed by atoms with Crippen LogP contribution in [-0.2, 0) is 4.74 Å². The topological polar surface area (TPSA) is 35.2 Å². The van der Waals surface area contributed by atoms with Gasteiger partial charge in [0.2, 0.25) is 0 Å². The molecule has 1 aromatic carbocycles. The molecule has 1 unspecified atom stereocenters. The van der Waals surface area contributed by atoms with Crippen molar-refractivity contribution in [3.8, 4) is 0 Å². The summed E-state index contributed by atoms with van der Waals surface area (Å²) in [5, 5.41) is 0.385. The summed E-state index contributed by atoms with van der Waals surface area (Å²) in [6.07, 6.45) is 1.59. The van der Waals surface area contributed by atoms with Gasteiger partial charge in [0.25, 0.3) is 0 Å². The Hall–Kier alpha value is -0.640. The van der Waals surface area contributed by atoms with Crippen molar-refractivity contribution in [2.75, 3.05) is 13.2 Å². The number of hydrogen-bond donors (Lipinski definition) is 1. The van der Waals surface area contributed by atoms with Crippen LogP contribution < -0.4 is 5.73 Å². The average Bonchev–Trinajstić information content (AvgIpc) is 2.24. The Morgan fingerprint density at radius 3 is 2.81 bits per heavy atom. The summed E-state index contributed by atoms with van der Waals surface area (Å²) in [6.45, 7) is 3.31. The second kappa shape index (κ2) is 6.84. The smallest absolute Gasteiger partial charge is 0.129 e. The molecule has 1 rings (SSSR count). The van der Waals surface area contributed by atoms with Crippen molar-refractivity contribution < 1.29 is 9.13 Å². The molecule has 16 heavy (non-hydrogen) atoms. The molecule has 2 N–H and O–H groups in total. The van der Waals surface area contributed by atoms with E-state index in [9.17, 15) is 4.39 Å². The van der Waals surface area contributed by atoms with Gasteiger partial charge in [-0.2, -0.15) is 0 Å². The third-order valence-corrected chi connectivity index (χ3v) is 2.52. The molecule has 2 nitrogen and oxygen atoms in total. The van der Waals surface area contributed by atoms with Crippen LogP contribution in [0.2, 0.25) is 5.02 Å². The van der Waals surface area contributed by atoms with Crippen molar-refractivity contribution in [2.24, 2.45) is 5.73 Å². The van der Waals surface area contributed by atoms with Crippen LogP contribution in [0.4, 0.5) is 4.39 Å². The Kier molecular flexibility index (Phi) is 5.74. The fraction of sp³-hybridized carbons (Fsp3) is 0.500. The normalized spacial score (nSPS) is 12.8. The van der Waals surface area contributed by atoms with E-state index < -0.39 is 0 Å². The fourth-order valence-electron chi connectivity index (χ4n) is 1.41. The summed E-state index contributed by atoms with van der Waals surface area (Å²) in [6, 6.07) is 4.22. The summed E-state index contributed by atoms with van der Waals surface area (Å²) in [4.78, 5) is 0. The fourth-order valence-corrected chi connectivity index (χ4v) is 1.57. The molecule has 1 aromatic rings. The molecule has 0 radical (unpaired) electrons. The molecule has 0 saturated heterocycles. The van der Waals surface area contributed by atoms with Gasteiger partial charge in [-0.1, -0.05) is 24.6 Å². The maximum Gasteiger partial charge on any atom is 0.129 e. The van der Waals surface area contributed by atoms with Crippen LogP contribution >= 0.6 is 11.6 Å². The van der Waals surface area contributed by atoms with Crippen LogP contribution in [0, 0.1) is 5.82 Å². The zero-order chi connectivity index (χ0) is 12.0. The van der Waals surface area contributed by atoms with E-state index in [1.165, 1.54) is 6.07 Å². The highest BCUT2D eigenvalue weighted by atomic mass is 35.5. The molecular formula is C12H17ClFNO. The highest BCUT2D eigenvalue weighted by Gasteiger charge is 2.11. The Morgan fingerprint density at radius 1 is 1.44 bits per heavy atom. The van der Waals surface area contributed by atoms with Gasteiger partial charge in [-0.05, 0) is 25.0 Å². The van der Waals surface area contributed by atoms with Crippen molar-refractivity contribution in [1.29, 1.82) is 0 Å². The second-order valence-corrected chi connectivity index (χ2v) is 4.11. The second-order valence-electron chi connectivity index (χ2n) is 3.67. The zero-order valence-electron chi connectivity index (χ0n) is 9.38. The third-order valence-electron chi connectivity index (χ3n) is 2.28. The molecule has 0 spiro atoms. The Bertz CT molecular complexity index is 333. The first-order valence-electron chi connectivity index (χ1n) is 5.43. The van der Waals surface area contributed by atoms with E-state index in [0.717, 1.165) is 13.0 Å². The number of benzene rings is 1. The van der Waals surface area contributed by atoms with Gasteiger partial charge in [-0.3, -0.25) is 0 Å². The number of halogens is 2. The summed E-state index contributed by atoms with van der Waals surface area (Å²) < 4.78 is 18.8. The van der Waals surface area contributed by atoms with Gasteiger partial charge in [-0.25, -0.2) is 4.39 Å². The van der Waals surface area contributed by atoms with E-state index in [1.54, 1.807) is 12.1 Å². The standard InChI is InChI=1S/C12H17ClFNO/c1-2-6-16-7-5-12(15)10-4-3-9(13)8-11(10)14/h3-4,8,12H,2,5-7,15H2,1H3. The van der Waals surface area contributed by atoms with E-state index in [1.807, 2.05) is 6.92 Å². The summed E-state index contributed by atoms with van der Waals surface area (Å²) in [5.41, 5.74) is 6.36. The van der Waals surface area contributed by atoms with Crippen molar-refractivity contribution in [3.63, 3.8) is 0 Å². The highest BCUT2D eigenvalue weighted by Crippen LogP contribution is 2.21. The van der Waals surface area contributed by atoms with E-state index in [2.05, 4.69) is 0 Å². The van der Waals surface area contributed by atoms with Gasteiger partial charge in [-0.15, -0.1) is 0 Å². The minimum Gasteiger partial charge on any atom is -0.381 e. The first-order chi connectivity index (χ1) is 7.65. The Morgan fingerprint density at radius 2 is 2.19 bits per heavy atom. The van der Waals surface area contributed by atoms with E-state index in [4.69, 9.17) is 22.1 Å². The number of hydrogen-bond acceptors (Lipinski definition) is 2. The maximum atomic E-state index is 13.5. The molecule has 90 valence electrons. The Labute approximate surface area is 101 Å². The SMILES string of the molecule is CCCOCCC(N)c1ccc(Cl)cc1F. The molecule has 0 aromatic heterocycles. The third kappa shape index (κ3) is 4.08. The Balaban J connectivity index is 2.49. The number of ether oxygens (including phenoxy) is 1. The molecule has 0 fully saturated rings. The molecule has 0 heterocycles. The van der Waals surface area contributed by atoms with E-state index >= 15 is 0 Å². The summed E-state index contributed by atoms with van der Waals surface area (Å²) >= 11 is 5.66. The molecule has 4 heteroatoms. The molecule has 0 amide bonds. The van der Waals surface area contributed by atoms with Gasteiger partial charge in [0, 0.05) is 29.8 Å². The lowest BCUT2D eigenvalue weighted by molar-refractivity contribution is 0.127. The van der Waals surface area contributed by atoms with Crippen LogP contribution in [0.25, 0.3) is 0 Å². The lowest BCUT2D eigenvalue weighted by Crippen LogP contribution is -2.14. The van der Waals surface area contributed by atoms with Crippen LogP contribution in [0.3, 0.4) is 0 Å². The predicted molar refractivity (Wildman–Crippen MR) is 64.1 cm³/mol. The average molecular weight is 246 g/mol. The van der Waals surface area contributed by atoms with Crippen LogP contribution in [0.1, 0.15) is 31.4 Å². The zero-order valence-corrected chi connectivity index (χ0v) is 10.1. The largest absolute Gasteiger partial charge is 0.381 e. The van der Waals surface area contributed by atoms with Crippen molar-refractivity contribution >= 4 is 11.6 Å². The summed E-state index contributed by atoms with van der Waals surface area (Å²) in [5.74, 6) is -0.351. The molecule has 1 atom stereocenters. The molecule has 0 aliphatic carbocycles. The monoisotopic (exact) mass is 245 g/mol. The molecule has 0 aliphatic rings. The molecule has 0 bridgehead atoms.